The highest BCUT2D eigenvalue weighted by Crippen LogP contribution is 2.50. The molecule has 0 unspecified atom stereocenters. The lowest BCUT2D eigenvalue weighted by Gasteiger charge is -2.34. The Balaban J connectivity index is 1.63. The van der Waals surface area contributed by atoms with Gasteiger partial charge < -0.3 is 19.3 Å². The van der Waals surface area contributed by atoms with Gasteiger partial charge in [-0.05, 0) is 76.3 Å². The number of hydrogen-bond donors (Lipinski definition) is 0. The van der Waals surface area contributed by atoms with E-state index in [0.29, 0.717) is 18.8 Å². The van der Waals surface area contributed by atoms with Crippen LogP contribution in [0.5, 0.6) is 5.75 Å². The molecule has 168 valence electrons. The van der Waals surface area contributed by atoms with Gasteiger partial charge in [-0.15, -0.1) is 0 Å². The minimum absolute atomic E-state index is 0.238. The van der Waals surface area contributed by atoms with Gasteiger partial charge in [0.2, 0.25) is 0 Å². The highest BCUT2D eigenvalue weighted by Gasteiger charge is 2.33. The quantitative estimate of drug-likeness (QED) is 0.522. The summed E-state index contributed by atoms with van der Waals surface area (Å²) in [5.41, 5.74) is 0.894. The molecular weight excluding hydrogens is 425 g/mol. The van der Waals surface area contributed by atoms with Crippen LogP contribution in [0.3, 0.4) is 0 Å². The van der Waals surface area contributed by atoms with E-state index in [4.69, 9.17) is 9.47 Å². The van der Waals surface area contributed by atoms with E-state index in [1.807, 2.05) is 37.2 Å². The molecular formula is C23H27F3N2O2S. The van der Waals surface area contributed by atoms with E-state index in [0.717, 1.165) is 59.5 Å². The predicted octanol–water partition coefficient (Wildman–Crippen LogP) is 6.17. The van der Waals surface area contributed by atoms with E-state index in [1.165, 1.54) is 17.8 Å². The lowest BCUT2D eigenvalue weighted by Crippen LogP contribution is -2.26. The van der Waals surface area contributed by atoms with Crippen LogP contribution in [0.1, 0.15) is 31.2 Å². The van der Waals surface area contributed by atoms with Gasteiger partial charge in [-0.2, -0.15) is 13.2 Å². The van der Waals surface area contributed by atoms with Gasteiger partial charge >= 0.3 is 6.18 Å². The summed E-state index contributed by atoms with van der Waals surface area (Å²) in [5.74, 6) is 0.724. The average Bonchev–Trinajstić information content (AvgIpc) is 2.72. The van der Waals surface area contributed by atoms with Gasteiger partial charge in [0.25, 0.3) is 0 Å². The van der Waals surface area contributed by atoms with Crippen LogP contribution in [0.4, 0.5) is 24.5 Å². The second-order valence-corrected chi connectivity index (χ2v) is 9.22. The Bertz CT molecular complexity index is 914. The zero-order valence-electron chi connectivity index (χ0n) is 17.7. The zero-order valence-corrected chi connectivity index (χ0v) is 18.6. The van der Waals surface area contributed by atoms with Crippen LogP contribution < -0.4 is 9.64 Å². The van der Waals surface area contributed by atoms with Crippen LogP contribution in [0.25, 0.3) is 0 Å². The normalized spacial score (nSPS) is 18.6. The van der Waals surface area contributed by atoms with E-state index in [-0.39, 0.29) is 6.29 Å². The first-order valence-electron chi connectivity index (χ1n) is 10.5. The third kappa shape index (κ3) is 5.30. The Labute approximate surface area is 185 Å². The fourth-order valence-corrected chi connectivity index (χ4v) is 4.96. The van der Waals surface area contributed by atoms with Crippen LogP contribution in [0.2, 0.25) is 0 Å². The molecule has 0 saturated carbocycles. The van der Waals surface area contributed by atoms with Crippen LogP contribution >= 0.6 is 11.8 Å². The number of fused-ring (bicyclic) bond motifs is 2. The van der Waals surface area contributed by atoms with Gasteiger partial charge in [0, 0.05) is 22.8 Å². The van der Waals surface area contributed by atoms with Crippen molar-refractivity contribution in [2.75, 3.05) is 38.7 Å². The van der Waals surface area contributed by atoms with Gasteiger partial charge in [0.15, 0.2) is 6.29 Å². The van der Waals surface area contributed by atoms with Gasteiger partial charge in [0.1, 0.15) is 5.75 Å². The SMILES string of the molecule is CN(C)CCCN1c2ccc(O[C@H]3CCCCO3)cc2Sc2ccc(C(F)(F)F)cc21. The first kappa shape index (κ1) is 22.3. The maximum absolute atomic E-state index is 13.4. The van der Waals surface area contributed by atoms with Crippen molar-refractivity contribution >= 4 is 23.1 Å². The molecule has 4 nitrogen and oxygen atoms in total. The number of hydrogen-bond acceptors (Lipinski definition) is 5. The Hall–Kier alpha value is -1.90. The van der Waals surface area contributed by atoms with Crippen molar-refractivity contribution in [2.24, 2.45) is 0 Å². The smallest absolute Gasteiger partial charge is 0.416 e. The second kappa shape index (κ2) is 9.30. The second-order valence-electron chi connectivity index (χ2n) is 8.13. The fourth-order valence-electron chi connectivity index (χ4n) is 3.85. The molecule has 2 aromatic carbocycles. The van der Waals surface area contributed by atoms with E-state index in [2.05, 4.69) is 4.90 Å². The Morgan fingerprint density at radius 3 is 2.65 bits per heavy atom. The van der Waals surface area contributed by atoms with Gasteiger partial charge in [0.05, 0.1) is 23.5 Å². The molecule has 2 aromatic rings. The van der Waals surface area contributed by atoms with E-state index in [9.17, 15) is 13.2 Å². The van der Waals surface area contributed by atoms with Crippen LogP contribution in [-0.4, -0.2) is 45.0 Å². The monoisotopic (exact) mass is 452 g/mol. The molecule has 0 bridgehead atoms. The van der Waals surface area contributed by atoms with Crippen molar-refractivity contribution in [3.05, 3.63) is 42.0 Å². The van der Waals surface area contributed by atoms with Crippen molar-refractivity contribution < 1.29 is 22.6 Å². The third-order valence-corrected chi connectivity index (χ3v) is 6.52. The van der Waals surface area contributed by atoms with E-state index < -0.39 is 11.7 Å². The molecule has 1 saturated heterocycles. The van der Waals surface area contributed by atoms with E-state index in [1.54, 1.807) is 6.07 Å². The summed E-state index contributed by atoms with van der Waals surface area (Å²) in [6, 6.07) is 9.79. The Morgan fingerprint density at radius 2 is 1.94 bits per heavy atom. The summed E-state index contributed by atoms with van der Waals surface area (Å²) in [5, 5.41) is 0. The first-order valence-corrected chi connectivity index (χ1v) is 11.4. The molecule has 0 spiro atoms. The Morgan fingerprint density at radius 1 is 1.10 bits per heavy atom. The number of nitrogens with zero attached hydrogens (tertiary/aromatic N) is 2. The van der Waals surface area contributed by atoms with E-state index >= 15 is 0 Å². The minimum Gasteiger partial charge on any atom is -0.465 e. The number of alkyl halides is 3. The number of anilines is 2. The van der Waals surface area contributed by atoms with Gasteiger partial charge in [-0.3, -0.25) is 0 Å². The maximum atomic E-state index is 13.4. The molecule has 2 heterocycles. The molecule has 0 amide bonds. The molecule has 2 aliphatic rings. The van der Waals surface area contributed by atoms with Crippen LogP contribution in [-0.2, 0) is 10.9 Å². The number of rotatable bonds is 6. The molecule has 1 fully saturated rings. The molecule has 4 rings (SSSR count). The maximum Gasteiger partial charge on any atom is 0.416 e. The number of ether oxygens (including phenoxy) is 2. The summed E-state index contributed by atoms with van der Waals surface area (Å²) in [4.78, 5) is 5.87. The van der Waals surface area contributed by atoms with Crippen molar-refractivity contribution in [1.29, 1.82) is 0 Å². The standard InChI is InChI=1S/C23H27F3N2O2S/c1-27(2)11-5-12-28-18-9-8-17(30-22-6-3-4-13-29-22)15-21(18)31-20-10-7-16(14-19(20)28)23(24,25)26/h7-10,14-15,22H,3-6,11-13H2,1-2H3/t22-/m0/s1. The zero-order chi connectivity index (χ0) is 22.0. The molecule has 0 N–H and O–H groups in total. The average molecular weight is 453 g/mol. The lowest BCUT2D eigenvalue weighted by molar-refractivity contribution is -0.137. The van der Waals surface area contributed by atoms with Crippen molar-refractivity contribution in [2.45, 2.75) is 47.9 Å². The molecule has 2 aliphatic heterocycles. The molecule has 0 radical (unpaired) electrons. The summed E-state index contributed by atoms with van der Waals surface area (Å²) >= 11 is 1.48. The minimum atomic E-state index is -4.37. The highest BCUT2D eigenvalue weighted by atomic mass is 32.2. The topological polar surface area (TPSA) is 24.9 Å². The predicted molar refractivity (Wildman–Crippen MR) is 116 cm³/mol. The molecule has 1 atom stereocenters. The lowest BCUT2D eigenvalue weighted by atomic mass is 10.1. The highest BCUT2D eigenvalue weighted by molar-refractivity contribution is 7.99. The van der Waals surface area contributed by atoms with Crippen molar-refractivity contribution in [3.8, 4) is 5.75 Å². The summed E-state index contributed by atoms with van der Waals surface area (Å²) in [6.07, 6.45) is -0.770. The molecule has 31 heavy (non-hydrogen) atoms. The summed E-state index contributed by atoms with van der Waals surface area (Å²) in [7, 11) is 3.99. The largest absolute Gasteiger partial charge is 0.465 e. The Kier molecular flexibility index (Phi) is 6.69. The summed E-state index contributed by atoms with van der Waals surface area (Å²) in [6.45, 7) is 2.19. The van der Waals surface area contributed by atoms with Crippen LogP contribution in [0.15, 0.2) is 46.2 Å². The van der Waals surface area contributed by atoms with Gasteiger partial charge in [-0.25, -0.2) is 0 Å². The summed E-state index contributed by atoms with van der Waals surface area (Å²) < 4.78 is 51.7. The van der Waals surface area contributed by atoms with Crippen molar-refractivity contribution in [1.82, 2.24) is 4.90 Å². The molecule has 0 aliphatic carbocycles. The fraction of sp³-hybridized carbons (Fsp3) is 0.478. The number of halogens is 3. The molecule has 8 heteroatoms. The third-order valence-electron chi connectivity index (χ3n) is 5.41. The van der Waals surface area contributed by atoms with Crippen LogP contribution in [0, 0.1) is 0 Å². The number of benzene rings is 2. The van der Waals surface area contributed by atoms with Gasteiger partial charge in [-0.1, -0.05) is 11.8 Å². The first-order chi connectivity index (χ1) is 14.8. The molecule has 0 aromatic heterocycles. The van der Waals surface area contributed by atoms with Crippen molar-refractivity contribution in [3.63, 3.8) is 0 Å².